The zero-order chi connectivity index (χ0) is 13.9. The topological polar surface area (TPSA) is 43.0 Å². The van der Waals surface area contributed by atoms with Gasteiger partial charge >= 0.3 is 0 Å². The number of aliphatic hydroxyl groups is 1. The van der Waals surface area contributed by atoms with Crippen molar-refractivity contribution in [2.45, 2.75) is 6.61 Å². The van der Waals surface area contributed by atoms with Crippen molar-refractivity contribution in [3.05, 3.63) is 42.1 Å². The Hall–Kier alpha value is -2.33. The van der Waals surface area contributed by atoms with Gasteiger partial charge < -0.3 is 9.67 Å². The van der Waals surface area contributed by atoms with Crippen molar-refractivity contribution >= 4 is 32.7 Å². The Morgan fingerprint density at radius 1 is 1.00 bits per heavy atom. The molecule has 0 radical (unpaired) electrons. The van der Waals surface area contributed by atoms with Crippen LogP contribution in [0, 0.1) is 0 Å². The van der Waals surface area contributed by atoms with Crippen LogP contribution in [-0.2, 0) is 20.7 Å². The maximum absolute atomic E-state index is 9.33. The number of benzene rings is 2. The van der Waals surface area contributed by atoms with E-state index in [0.717, 1.165) is 16.5 Å². The van der Waals surface area contributed by atoms with Crippen LogP contribution in [-0.4, -0.2) is 19.5 Å². The second-order valence-corrected chi connectivity index (χ2v) is 5.23. The van der Waals surface area contributed by atoms with Gasteiger partial charge in [-0.05, 0) is 23.8 Å². The normalized spacial score (nSPS) is 11.9. The third-order valence-electron chi connectivity index (χ3n) is 4.13. The highest BCUT2D eigenvalue weighted by molar-refractivity contribution is 6.17. The largest absolute Gasteiger partial charge is 0.392 e. The van der Waals surface area contributed by atoms with Gasteiger partial charge in [-0.3, -0.25) is 4.68 Å². The van der Waals surface area contributed by atoms with Gasteiger partial charge in [0.05, 0.1) is 23.8 Å². The number of aliphatic hydroxyl groups excluding tert-OH is 1. The molecule has 20 heavy (non-hydrogen) atoms. The third-order valence-corrected chi connectivity index (χ3v) is 4.13. The molecular formula is C16H15N3O. The molecule has 4 rings (SSSR count). The molecule has 0 saturated heterocycles. The van der Waals surface area contributed by atoms with Crippen molar-refractivity contribution in [2.75, 3.05) is 0 Å². The van der Waals surface area contributed by atoms with Crippen molar-refractivity contribution in [1.82, 2.24) is 14.3 Å². The second-order valence-electron chi connectivity index (χ2n) is 5.23. The minimum Gasteiger partial charge on any atom is -0.392 e. The molecule has 0 fully saturated rings. The zero-order valence-electron chi connectivity index (χ0n) is 11.5. The van der Waals surface area contributed by atoms with Gasteiger partial charge in [-0.2, -0.15) is 5.10 Å². The fourth-order valence-electron chi connectivity index (χ4n) is 3.10. The van der Waals surface area contributed by atoms with Crippen molar-refractivity contribution in [3.63, 3.8) is 0 Å². The minimum absolute atomic E-state index is 0.0709. The summed E-state index contributed by atoms with van der Waals surface area (Å²) in [6.07, 6.45) is 1.92. The summed E-state index contributed by atoms with van der Waals surface area (Å²) >= 11 is 0. The molecule has 100 valence electrons. The lowest BCUT2D eigenvalue weighted by molar-refractivity contribution is 0.282. The standard InChI is InChI=1S/C16H15N3O/c1-18-14-5-3-10(9-20)7-12(14)11-4-6-15-13(16(11)18)8-17-19(15)2/h3-8,20H,9H2,1-2H3. The molecule has 0 spiro atoms. The highest BCUT2D eigenvalue weighted by Crippen LogP contribution is 2.33. The van der Waals surface area contributed by atoms with E-state index in [4.69, 9.17) is 0 Å². The van der Waals surface area contributed by atoms with E-state index < -0.39 is 0 Å². The Labute approximate surface area is 115 Å². The molecule has 0 aliphatic rings. The molecule has 2 heterocycles. The highest BCUT2D eigenvalue weighted by atomic mass is 16.3. The van der Waals surface area contributed by atoms with E-state index in [-0.39, 0.29) is 6.61 Å². The smallest absolute Gasteiger partial charge is 0.0700 e. The SMILES string of the molecule is Cn1ncc2c1ccc1c3cc(CO)ccc3n(C)c12. The van der Waals surface area contributed by atoms with Gasteiger partial charge in [0.15, 0.2) is 0 Å². The summed E-state index contributed by atoms with van der Waals surface area (Å²) in [6.45, 7) is 0.0709. The summed E-state index contributed by atoms with van der Waals surface area (Å²) in [6, 6.07) is 10.4. The van der Waals surface area contributed by atoms with Gasteiger partial charge in [0, 0.05) is 35.8 Å². The number of hydrogen-bond acceptors (Lipinski definition) is 2. The average Bonchev–Trinajstić information content (AvgIpc) is 2.98. The Balaban J connectivity index is 2.27. The lowest BCUT2D eigenvalue weighted by Gasteiger charge is -2.00. The molecule has 0 amide bonds. The molecule has 0 atom stereocenters. The van der Waals surface area contributed by atoms with Crippen LogP contribution in [0.25, 0.3) is 32.7 Å². The van der Waals surface area contributed by atoms with Gasteiger partial charge in [0.2, 0.25) is 0 Å². The third kappa shape index (κ3) is 1.31. The molecule has 2 aromatic heterocycles. The summed E-state index contributed by atoms with van der Waals surface area (Å²) in [5.41, 5.74) is 4.44. The maximum atomic E-state index is 9.33. The van der Waals surface area contributed by atoms with E-state index in [2.05, 4.69) is 41.0 Å². The van der Waals surface area contributed by atoms with Crippen molar-refractivity contribution in [3.8, 4) is 0 Å². The maximum Gasteiger partial charge on any atom is 0.0700 e. The fourth-order valence-corrected chi connectivity index (χ4v) is 3.10. The van der Waals surface area contributed by atoms with Crippen LogP contribution < -0.4 is 0 Å². The first-order chi connectivity index (χ1) is 9.70. The van der Waals surface area contributed by atoms with Crippen LogP contribution >= 0.6 is 0 Å². The molecule has 4 heteroatoms. The van der Waals surface area contributed by atoms with Crippen LogP contribution in [0.2, 0.25) is 0 Å². The number of rotatable bonds is 1. The van der Waals surface area contributed by atoms with Crippen molar-refractivity contribution < 1.29 is 5.11 Å². The average molecular weight is 265 g/mol. The van der Waals surface area contributed by atoms with Crippen molar-refractivity contribution in [1.29, 1.82) is 0 Å². The predicted octanol–water partition coefficient (Wildman–Crippen LogP) is 2.71. The zero-order valence-corrected chi connectivity index (χ0v) is 11.5. The highest BCUT2D eigenvalue weighted by Gasteiger charge is 2.13. The molecule has 0 unspecified atom stereocenters. The molecular weight excluding hydrogens is 250 g/mol. The second kappa shape index (κ2) is 3.84. The van der Waals surface area contributed by atoms with Crippen molar-refractivity contribution in [2.24, 2.45) is 14.1 Å². The molecule has 0 aliphatic heterocycles. The molecule has 0 bridgehead atoms. The molecule has 4 aromatic rings. The summed E-state index contributed by atoms with van der Waals surface area (Å²) in [5.74, 6) is 0. The molecule has 0 aliphatic carbocycles. The Morgan fingerprint density at radius 3 is 2.60 bits per heavy atom. The van der Waals surface area contributed by atoms with E-state index >= 15 is 0 Å². The van der Waals surface area contributed by atoms with E-state index in [9.17, 15) is 5.11 Å². The van der Waals surface area contributed by atoms with Crippen LogP contribution in [0.5, 0.6) is 0 Å². The number of hydrogen-bond donors (Lipinski definition) is 1. The first-order valence-corrected chi connectivity index (χ1v) is 6.63. The summed E-state index contributed by atoms with van der Waals surface area (Å²) in [4.78, 5) is 0. The summed E-state index contributed by atoms with van der Waals surface area (Å²) < 4.78 is 4.10. The quantitative estimate of drug-likeness (QED) is 0.575. The van der Waals surface area contributed by atoms with Crippen LogP contribution in [0.1, 0.15) is 5.56 Å². The number of aromatic nitrogens is 3. The molecule has 1 N–H and O–H groups in total. The fraction of sp³-hybridized carbons (Fsp3) is 0.188. The summed E-state index contributed by atoms with van der Waals surface area (Å²) in [5, 5.41) is 17.2. The van der Waals surface area contributed by atoms with Gasteiger partial charge in [0.1, 0.15) is 0 Å². The lowest BCUT2D eigenvalue weighted by atomic mass is 10.1. The minimum atomic E-state index is 0.0709. The van der Waals surface area contributed by atoms with Crippen LogP contribution in [0.4, 0.5) is 0 Å². The van der Waals surface area contributed by atoms with Gasteiger partial charge in [-0.25, -0.2) is 0 Å². The Bertz CT molecular complexity index is 962. The van der Waals surface area contributed by atoms with Crippen LogP contribution in [0.15, 0.2) is 36.5 Å². The van der Waals surface area contributed by atoms with E-state index in [1.165, 1.54) is 21.8 Å². The van der Waals surface area contributed by atoms with E-state index in [0.29, 0.717) is 0 Å². The van der Waals surface area contributed by atoms with E-state index in [1.807, 2.05) is 24.0 Å². The Kier molecular flexibility index (Phi) is 2.20. The number of aryl methyl sites for hydroxylation is 2. The van der Waals surface area contributed by atoms with Gasteiger partial charge in [-0.1, -0.05) is 12.1 Å². The number of nitrogens with zero attached hydrogens (tertiary/aromatic N) is 3. The molecule has 0 saturated carbocycles. The number of fused-ring (bicyclic) bond motifs is 5. The monoisotopic (exact) mass is 265 g/mol. The Morgan fingerprint density at radius 2 is 1.80 bits per heavy atom. The first kappa shape index (κ1) is 11.5. The van der Waals surface area contributed by atoms with Gasteiger partial charge in [-0.15, -0.1) is 0 Å². The van der Waals surface area contributed by atoms with Crippen LogP contribution in [0.3, 0.4) is 0 Å². The van der Waals surface area contributed by atoms with Gasteiger partial charge in [0.25, 0.3) is 0 Å². The molecule has 2 aromatic carbocycles. The molecule has 4 nitrogen and oxygen atoms in total. The summed E-state index contributed by atoms with van der Waals surface area (Å²) in [7, 11) is 4.04. The first-order valence-electron chi connectivity index (χ1n) is 6.63. The van der Waals surface area contributed by atoms with E-state index in [1.54, 1.807) is 0 Å². The predicted molar refractivity (Wildman–Crippen MR) is 80.6 cm³/mol. The lowest BCUT2D eigenvalue weighted by Crippen LogP contribution is -1.89.